The van der Waals surface area contributed by atoms with Crippen molar-refractivity contribution in [3.63, 3.8) is 0 Å². The lowest BCUT2D eigenvalue weighted by atomic mass is 9.67. The highest BCUT2D eigenvalue weighted by Crippen LogP contribution is 2.53. The molecule has 3 aromatic heterocycles. The van der Waals surface area contributed by atoms with E-state index in [1.807, 2.05) is 55.4 Å². The third-order valence-corrected chi connectivity index (χ3v) is 6.88. The van der Waals surface area contributed by atoms with Gasteiger partial charge in [0, 0.05) is 30.5 Å². The lowest BCUT2D eigenvalue weighted by Crippen LogP contribution is -2.69. The molecule has 0 aliphatic carbocycles. The zero-order valence-electron chi connectivity index (χ0n) is 18.1. The number of benzene rings is 1. The average molecular weight is 429 g/mol. The van der Waals surface area contributed by atoms with E-state index in [2.05, 4.69) is 25.5 Å². The Morgan fingerprint density at radius 2 is 2.16 bits per heavy atom. The molecule has 2 aliphatic heterocycles. The van der Waals surface area contributed by atoms with Gasteiger partial charge in [-0.25, -0.2) is 19.3 Å². The van der Waals surface area contributed by atoms with Crippen LogP contribution in [-0.4, -0.2) is 46.3 Å². The fourth-order valence-corrected chi connectivity index (χ4v) is 5.37. The second-order valence-electron chi connectivity index (χ2n) is 8.78. The van der Waals surface area contributed by atoms with Gasteiger partial charge in [0.05, 0.1) is 11.7 Å². The van der Waals surface area contributed by atoms with Gasteiger partial charge in [-0.3, -0.25) is 4.68 Å². The maximum atomic E-state index is 13.4. The van der Waals surface area contributed by atoms with E-state index in [4.69, 9.17) is 0 Å². The summed E-state index contributed by atoms with van der Waals surface area (Å²) in [6.07, 6.45) is 9.24. The number of nitrogens with zero attached hydrogens (tertiary/aromatic N) is 7. The van der Waals surface area contributed by atoms with Crippen LogP contribution >= 0.6 is 0 Å². The van der Waals surface area contributed by atoms with E-state index in [1.54, 1.807) is 21.7 Å². The second kappa shape index (κ2) is 6.88. The molecule has 0 unspecified atom stereocenters. The van der Waals surface area contributed by atoms with Crippen molar-refractivity contribution in [2.24, 2.45) is 7.05 Å². The first-order chi connectivity index (χ1) is 15.5. The third kappa shape index (κ3) is 2.73. The molecule has 6 rings (SSSR count). The van der Waals surface area contributed by atoms with Crippen molar-refractivity contribution < 1.29 is 4.79 Å². The number of fused-ring (bicyclic) bond motifs is 3. The van der Waals surface area contributed by atoms with E-state index in [9.17, 15) is 4.79 Å². The first-order valence-corrected chi connectivity index (χ1v) is 10.9. The molecule has 0 radical (unpaired) electrons. The molecule has 0 saturated carbocycles. The zero-order valence-corrected chi connectivity index (χ0v) is 18.1. The molecule has 9 heteroatoms. The largest absolute Gasteiger partial charge is 0.322 e. The molecule has 9 nitrogen and oxygen atoms in total. The van der Waals surface area contributed by atoms with Gasteiger partial charge < -0.3 is 10.2 Å². The van der Waals surface area contributed by atoms with Crippen molar-refractivity contribution in [3.8, 4) is 11.4 Å². The highest BCUT2D eigenvalue weighted by Gasteiger charge is 2.59. The summed E-state index contributed by atoms with van der Waals surface area (Å²) < 4.78 is 3.60. The summed E-state index contributed by atoms with van der Waals surface area (Å²) >= 11 is 0. The van der Waals surface area contributed by atoms with Gasteiger partial charge in [-0.05, 0) is 62.4 Å². The molecule has 4 aromatic rings. The van der Waals surface area contributed by atoms with Crippen molar-refractivity contribution >= 4 is 17.2 Å². The number of hydrogen-bond acceptors (Lipinski definition) is 5. The molecular formula is C23H24N8O. The summed E-state index contributed by atoms with van der Waals surface area (Å²) in [5, 5.41) is 12.0. The van der Waals surface area contributed by atoms with Crippen LogP contribution in [0.3, 0.4) is 0 Å². The van der Waals surface area contributed by atoms with Crippen LogP contribution in [0.5, 0.6) is 0 Å². The molecule has 162 valence electrons. The number of carbonyl (C=O) groups excluding carboxylic acids is 1. The first kappa shape index (κ1) is 19.0. The number of amides is 2. The zero-order chi connectivity index (χ0) is 21.9. The summed E-state index contributed by atoms with van der Waals surface area (Å²) in [5.74, 6) is 1.49. The summed E-state index contributed by atoms with van der Waals surface area (Å²) in [5.41, 5.74) is 3.24. The number of carbonyl (C=O) groups is 1. The Labute approximate surface area is 185 Å². The number of hydrogen-bond donors (Lipinski definition) is 1. The smallest absolute Gasteiger partial charge is 0.308 e. The Morgan fingerprint density at radius 3 is 2.97 bits per heavy atom. The summed E-state index contributed by atoms with van der Waals surface area (Å²) in [4.78, 5) is 24.4. The standard InChI is InChI=1S/C23H24N8O/c1-15-7-8-16(11-19(15)20-24-13-18-6-4-10-30(18)28-20)27-22(32)31-17-5-3-9-23(31,12-17)21-25-14-26-29(21)2/h4,6-8,10-11,13-14,17H,3,5,9,12H2,1-2H3,(H,27,32)/t17-,23+/m0/s1. The van der Waals surface area contributed by atoms with Gasteiger partial charge in [-0.2, -0.15) is 5.10 Å². The van der Waals surface area contributed by atoms with Crippen LogP contribution in [0.25, 0.3) is 16.9 Å². The van der Waals surface area contributed by atoms with Crippen LogP contribution in [0.4, 0.5) is 10.5 Å². The topological polar surface area (TPSA) is 93.2 Å². The van der Waals surface area contributed by atoms with Gasteiger partial charge in [0.15, 0.2) is 11.6 Å². The molecule has 1 N–H and O–H groups in total. The van der Waals surface area contributed by atoms with E-state index >= 15 is 0 Å². The van der Waals surface area contributed by atoms with Crippen LogP contribution in [0.2, 0.25) is 0 Å². The van der Waals surface area contributed by atoms with Gasteiger partial charge in [-0.1, -0.05) is 6.07 Å². The molecule has 2 fully saturated rings. The highest BCUT2D eigenvalue weighted by molar-refractivity contribution is 5.92. The number of nitrogens with one attached hydrogen (secondary N) is 1. The molecule has 2 bridgehead atoms. The molecule has 0 spiro atoms. The highest BCUT2D eigenvalue weighted by atomic mass is 16.2. The summed E-state index contributed by atoms with van der Waals surface area (Å²) in [7, 11) is 1.89. The van der Waals surface area contributed by atoms with Crippen LogP contribution in [0.1, 0.15) is 37.1 Å². The van der Waals surface area contributed by atoms with Crippen molar-refractivity contribution in [2.45, 2.75) is 44.2 Å². The predicted octanol–water partition coefficient (Wildman–Crippen LogP) is 3.52. The number of aromatic nitrogens is 6. The monoisotopic (exact) mass is 428 g/mol. The Hall–Kier alpha value is -3.75. The molecule has 2 aliphatic rings. The molecular weight excluding hydrogens is 404 g/mol. The maximum Gasteiger partial charge on any atom is 0.322 e. The van der Waals surface area contributed by atoms with E-state index < -0.39 is 0 Å². The fourth-order valence-electron chi connectivity index (χ4n) is 5.37. The molecule has 1 aromatic carbocycles. The lowest BCUT2D eigenvalue weighted by Gasteiger charge is -2.60. The quantitative estimate of drug-likeness (QED) is 0.539. The van der Waals surface area contributed by atoms with Crippen LogP contribution < -0.4 is 5.32 Å². The van der Waals surface area contributed by atoms with Crippen molar-refractivity contribution in [2.75, 3.05) is 5.32 Å². The van der Waals surface area contributed by atoms with Gasteiger partial charge in [0.25, 0.3) is 0 Å². The van der Waals surface area contributed by atoms with E-state index in [0.29, 0.717) is 5.82 Å². The normalized spacial score (nSPS) is 22.1. The molecule has 2 saturated heterocycles. The summed E-state index contributed by atoms with van der Waals surface area (Å²) in [6.45, 7) is 2.02. The number of piperidine rings is 1. The maximum absolute atomic E-state index is 13.4. The number of anilines is 1. The molecule has 2 amide bonds. The van der Waals surface area contributed by atoms with Crippen molar-refractivity contribution in [3.05, 3.63) is 60.4 Å². The number of aryl methyl sites for hydroxylation is 2. The van der Waals surface area contributed by atoms with E-state index in [1.165, 1.54) is 0 Å². The Morgan fingerprint density at radius 1 is 1.25 bits per heavy atom. The number of urea groups is 1. The summed E-state index contributed by atoms with van der Waals surface area (Å²) in [6, 6.07) is 9.91. The van der Waals surface area contributed by atoms with Gasteiger partial charge in [-0.15, -0.1) is 5.10 Å². The van der Waals surface area contributed by atoms with Crippen LogP contribution in [0.15, 0.2) is 49.1 Å². The van der Waals surface area contributed by atoms with E-state index in [-0.39, 0.29) is 17.6 Å². The molecule has 5 heterocycles. The number of rotatable bonds is 3. The first-order valence-electron chi connectivity index (χ1n) is 10.9. The van der Waals surface area contributed by atoms with E-state index in [0.717, 1.165) is 53.8 Å². The molecule has 32 heavy (non-hydrogen) atoms. The van der Waals surface area contributed by atoms with Crippen LogP contribution in [-0.2, 0) is 12.6 Å². The minimum absolute atomic E-state index is 0.0967. The minimum Gasteiger partial charge on any atom is -0.308 e. The molecule has 2 atom stereocenters. The van der Waals surface area contributed by atoms with Crippen LogP contribution in [0, 0.1) is 6.92 Å². The van der Waals surface area contributed by atoms with Gasteiger partial charge >= 0.3 is 6.03 Å². The average Bonchev–Trinajstić information content (AvgIpc) is 3.43. The SMILES string of the molecule is Cc1ccc(NC(=O)N2[C@H]3CCC[C@]2(c2ncnn2C)C3)cc1-c1ncc2cccn2n1. The fraction of sp³-hybridized carbons (Fsp3) is 0.348. The third-order valence-electron chi connectivity index (χ3n) is 6.88. The van der Waals surface area contributed by atoms with Crippen molar-refractivity contribution in [1.29, 1.82) is 0 Å². The van der Waals surface area contributed by atoms with Crippen molar-refractivity contribution in [1.82, 2.24) is 34.3 Å². The van der Waals surface area contributed by atoms with Gasteiger partial charge in [0.1, 0.15) is 11.9 Å². The Kier molecular flexibility index (Phi) is 4.08. The van der Waals surface area contributed by atoms with Gasteiger partial charge in [0.2, 0.25) is 0 Å². The second-order valence-corrected chi connectivity index (χ2v) is 8.78. The predicted molar refractivity (Wildman–Crippen MR) is 119 cm³/mol. The lowest BCUT2D eigenvalue weighted by molar-refractivity contribution is -0.0827. The minimum atomic E-state index is -0.367. The Balaban J connectivity index is 1.30. The Bertz CT molecular complexity index is 1340.